The molecule has 0 spiro atoms. The third-order valence-electron chi connectivity index (χ3n) is 6.21. The summed E-state index contributed by atoms with van der Waals surface area (Å²) in [6, 6.07) is 6.25. The SMILES string of the molecule is NC(=O)c1ccc(NC(=O)COC(=O)C23C[C@@H]4C[C@@H](CC(Br)(C4)C2)C3)cc1. The van der Waals surface area contributed by atoms with Crippen molar-refractivity contribution in [3.05, 3.63) is 29.8 Å². The maximum atomic E-state index is 12.8. The number of ether oxygens (including phenoxy) is 1. The fraction of sp³-hybridized carbons (Fsp3) is 0.550. The number of nitrogens with one attached hydrogen (secondary N) is 1. The van der Waals surface area contributed by atoms with E-state index in [0.29, 0.717) is 23.1 Å². The molecule has 0 radical (unpaired) electrons. The number of halogens is 1. The van der Waals surface area contributed by atoms with Gasteiger partial charge in [-0.05, 0) is 74.6 Å². The number of amides is 2. The molecule has 1 aromatic carbocycles. The lowest BCUT2D eigenvalue weighted by Gasteiger charge is -2.58. The first-order chi connectivity index (χ1) is 12.8. The van der Waals surface area contributed by atoms with Gasteiger partial charge in [-0.25, -0.2) is 0 Å². The van der Waals surface area contributed by atoms with E-state index in [-0.39, 0.29) is 16.9 Å². The first-order valence-corrected chi connectivity index (χ1v) is 10.1. The van der Waals surface area contributed by atoms with Crippen LogP contribution in [0.4, 0.5) is 5.69 Å². The highest BCUT2D eigenvalue weighted by atomic mass is 79.9. The number of nitrogens with two attached hydrogens (primary N) is 1. The van der Waals surface area contributed by atoms with Crippen LogP contribution in [-0.2, 0) is 14.3 Å². The number of carbonyl (C=O) groups excluding carboxylic acids is 3. The van der Waals surface area contributed by atoms with Gasteiger partial charge in [-0.2, -0.15) is 0 Å². The topological polar surface area (TPSA) is 98.5 Å². The molecule has 3 N–H and O–H groups in total. The van der Waals surface area contributed by atoms with Crippen LogP contribution in [0.1, 0.15) is 48.9 Å². The summed E-state index contributed by atoms with van der Waals surface area (Å²) in [7, 11) is 0. The molecule has 4 bridgehead atoms. The van der Waals surface area contributed by atoms with Crippen molar-refractivity contribution in [2.24, 2.45) is 23.0 Å². The highest BCUT2D eigenvalue weighted by Crippen LogP contribution is 2.64. The minimum atomic E-state index is -0.526. The number of primary amides is 1. The van der Waals surface area contributed by atoms with E-state index in [1.165, 1.54) is 18.6 Å². The quantitative estimate of drug-likeness (QED) is 0.549. The van der Waals surface area contributed by atoms with Gasteiger partial charge in [0.25, 0.3) is 5.91 Å². The zero-order valence-electron chi connectivity index (χ0n) is 15.0. The van der Waals surface area contributed by atoms with Gasteiger partial charge >= 0.3 is 5.97 Å². The van der Waals surface area contributed by atoms with Crippen LogP contribution in [0, 0.1) is 17.3 Å². The Morgan fingerprint density at radius 2 is 1.74 bits per heavy atom. The van der Waals surface area contributed by atoms with E-state index < -0.39 is 17.2 Å². The third kappa shape index (κ3) is 3.61. The Labute approximate surface area is 166 Å². The minimum absolute atomic E-state index is 0.0700. The lowest BCUT2D eigenvalue weighted by atomic mass is 9.49. The van der Waals surface area contributed by atoms with Crippen molar-refractivity contribution in [1.82, 2.24) is 0 Å². The molecular weight excluding hydrogens is 412 g/mol. The molecule has 0 heterocycles. The maximum Gasteiger partial charge on any atom is 0.312 e. The summed E-state index contributed by atoms with van der Waals surface area (Å²) in [4.78, 5) is 36.0. The number of esters is 1. The van der Waals surface area contributed by atoms with Crippen LogP contribution in [-0.4, -0.2) is 28.7 Å². The van der Waals surface area contributed by atoms with E-state index in [9.17, 15) is 14.4 Å². The van der Waals surface area contributed by atoms with E-state index in [2.05, 4.69) is 21.2 Å². The molecular formula is C20H23BrN2O4. The Morgan fingerprint density at radius 3 is 2.30 bits per heavy atom. The van der Waals surface area contributed by atoms with Gasteiger partial charge in [0.2, 0.25) is 5.91 Å². The van der Waals surface area contributed by atoms with Crippen LogP contribution >= 0.6 is 15.9 Å². The predicted molar refractivity (Wildman–Crippen MR) is 103 cm³/mol. The Bertz CT molecular complexity index is 778. The van der Waals surface area contributed by atoms with Crippen LogP contribution in [0.2, 0.25) is 0 Å². The summed E-state index contributed by atoms with van der Waals surface area (Å²) in [5.41, 5.74) is 5.65. The Morgan fingerprint density at radius 1 is 1.11 bits per heavy atom. The fourth-order valence-corrected chi connectivity index (χ4v) is 7.04. The molecule has 0 saturated heterocycles. The molecule has 1 aromatic rings. The van der Waals surface area contributed by atoms with Gasteiger partial charge in [0.05, 0.1) is 5.41 Å². The number of hydrogen-bond acceptors (Lipinski definition) is 4. The molecule has 4 saturated carbocycles. The van der Waals surface area contributed by atoms with Crippen molar-refractivity contribution < 1.29 is 19.1 Å². The number of alkyl halides is 1. The van der Waals surface area contributed by atoms with Gasteiger partial charge < -0.3 is 15.8 Å². The molecule has 2 unspecified atom stereocenters. The normalized spacial score (nSPS) is 33.5. The third-order valence-corrected chi connectivity index (χ3v) is 7.14. The molecule has 4 aliphatic rings. The van der Waals surface area contributed by atoms with Crippen LogP contribution < -0.4 is 11.1 Å². The average Bonchev–Trinajstić information content (AvgIpc) is 2.58. The van der Waals surface area contributed by atoms with Crippen LogP contribution in [0.15, 0.2) is 24.3 Å². The first-order valence-electron chi connectivity index (χ1n) is 9.33. The van der Waals surface area contributed by atoms with Gasteiger partial charge in [0.1, 0.15) is 0 Å². The van der Waals surface area contributed by atoms with Crippen molar-refractivity contribution in [2.75, 3.05) is 11.9 Å². The van der Waals surface area contributed by atoms with E-state index >= 15 is 0 Å². The second kappa shape index (κ2) is 6.62. The lowest BCUT2D eigenvalue weighted by molar-refractivity contribution is -0.170. The summed E-state index contributed by atoms with van der Waals surface area (Å²) >= 11 is 3.88. The molecule has 6 nitrogen and oxygen atoms in total. The second-order valence-electron chi connectivity index (χ2n) is 8.46. The van der Waals surface area contributed by atoms with E-state index in [1.54, 1.807) is 12.1 Å². The summed E-state index contributed by atoms with van der Waals surface area (Å²) < 4.78 is 5.49. The number of rotatable bonds is 5. The Hall–Kier alpha value is -1.89. The summed E-state index contributed by atoms with van der Waals surface area (Å²) in [6.07, 6.45) is 6.06. The number of anilines is 1. The molecule has 144 valence electrons. The smallest absolute Gasteiger partial charge is 0.312 e. The highest BCUT2D eigenvalue weighted by molar-refractivity contribution is 9.10. The second-order valence-corrected chi connectivity index (χ2v) is 10.1. The van der Waals surface area contributed by atoms with Gasteiger partial charge in [-0.3, -0.25) is 14.4 Å². The molecule has 5 rings (SSSR count). The largest absolute Gasteiger partial charge is 0.455 e. The van der Waals surface area contributed by atoms with Crippen molar-refractivity contribution in [2.45, 2.75) is 42.8 Å². The number of benzene rings is 1. The summed E-state index contributed by atoms with van der Waals surface area (Å²) in [5, 5.41) is 2.67. The molecule has 4 fully saturated rings. The van der Waals surface area contributed by atoms with Crippen molar-refractivity contribution in [3.63, 3.8) is 0 Å². The molecule has 4 aliphatic carbocycles. The molecule has 2 amide bonds. The summed E-state index contributed by atoms with van der Waals surface area (Å²) in [6.45, 7) is -0.303. The first kappa shape index (κ1) is 18.5. The van der Waals surface area contributed by atoms with Crippen LogP contribution in [0.3, 0.4) is 0 Å². The van der Waals surface area contributed by atoms with Crippen molar-refractivity contribution >= 4 is 39.4 Å². The predicted octanol–water partition coefficient (Wildman–Crippen LogP) is 3.00. The highest BCUT2D eigenvalue weighted by Gasteiger charge is 2.60. The molecule has 0 aromatic heterocycles. The maximum absolute atomic E-state index is 12.8. The molecule has 0 aliphatic heterocycles. The number of carbonyl (C=O) groups is 3. The van der Waals surface area contributed by atoms with Gasteiger partial charge in [-0.15, -0.1) is 0 Å². The zero-order chi connectivity index (χ0) is 19.2. The van der Waals surface area contributed by atoms with Gasteiger partial charge in [-0.1, -0.05) is 15.9 Å². The van der Waals surface area contributed by atoms with Gasteiger partial charge in [0, 0.05) is 15.6 Å². The molecule has 7 heteroatoms. The minimum Gasteiger partial charge on any atom is -0.455 e. The molecule has 4 atom stereocenters. The van der Waals surface area contributed by atoms with Crippen molar-refractivity contribution in [3.8, 4) is 0 Å². The Kier molecular flexibility index (Phi) is 4.53. The monoisotopic (exact) mass is 434 g/mol. The van der Waals surface area contributed by atoms with E-state index in [1.807, 2.05) is 0 Å². The van der Waals surface area contributed by atoms with E-state index in [0.717, 1.165) is 32.1 Å². The van der Waals surface area contributed by atoms with Crippen LogP contribution in [0.5, 0.6) is 0 Å². The van der Waals surface area contributed by atoms with Crippen LogP contribution in [0.25, 0.3) is 0 Å². The van der Waals surface area contributed by atoms with Gasteiger partial charge in [0.15, 0.2) is 6.61 Å². The Balaban J connectivity index is 1.34. The van der Waals surface area contributed by atoms with Crippen molar-refractivity contribution in [1.29, 1.82) is 0 Å². The summed E-state index contributed by atoms with van der Waals surface area (Å²) in [5.74, 6) is 0.00148. The number of hydrogen-bond donors (Lipinski definition) is 2. The fourth-order valence-electron chi connectivity index (χ4n) is 5.59. The van der Waals surface area contributed by atoms with E-state index in [4.69, 9.17) is 10.5 Å². The lowest BCUT2D eigenvalue weighted by Crippen LogP contribution is -2.56. The average molecular weight is 435 g/mol. The molecule has 27 heavy (non-hydrogen) atoms. The standard InChI is InChI=1S/C20H23BrN2O4/c21-20-8-12-5-13(9-20)7-19(6-12,11-20)18(26)27-10-16(24)23-15-3-1-14(2-4-15)17(22)25/h1-4,12-13H,5-11H2,(H2,22,25)(H,23,24)/t12-,13+,19?,20?. The zero-order valence-corrected chi connectivity index (χ0v) is 16.6.